The van der Waals surface area contributed by atoms with Crippen LogP contribution in [-0.4, -0.2) is 34.1 Å². The van der Waals surface area contributed by atoms with Crippen LogP contribution in [-0.2, 0) is 11.2 Å². The maximum Gasteiger partial charge on any atom is 0.220 e. The number of carbonyl (C=O) groups excluding carboxylic acids is 1. The molecule has 0 aliphatic rings. The average Bonchev–Trinajstić information content (AvgIpc) is 3.15. The molecule has 164 valence electrons. The van der Waals surface area contributed by atoms with Crippen molar-refractivity contribution in [1.29, 1.82) is 0 Å². The number of rotatable bonds is 9. The van der Waals surface area contributed by atoms with Crippen molar-refractivity contribution in [3.63, 3.8) is 0 Å². The van der Waals surface area contributed by atoms with Gasteiger partial charge < -0.3 is 15.7 Å². The zero-order valence-corrected chi connectivity index (χ0v) is 18.8. The minimum Gasteiger partial charge on any atom is -0.508 e. The Morgan fingerprint density at radius 2 is 1.81 bits per heavy atom. The SMILES string of the molecule is Cc1sc2ncnc(NCCCC(=O)NCCc3ccc(O)cc3)c2c1-c1ccccc1. The van der Waals surface area contributed by atoms with E-state index in [1.54, 1.807) is 29.8 Å². The van der Waals surface area contributed by atoms with Gasteiger partial charge in [-0.05, 0) is 43.0 Å². The summed E-state index contributed by atoms with van der Waals surface area (Å²) in [7, 11) is 0. The highest BCUT2D eigenvalue weighted by Crippen LogP contribution is 2.40. The summed E-state index contributed by atoms with van der Waals surface area (Å²) in [4.78, 5) is 23.3. The fourth-order valence-electron chi connectivity index (χ4n) is 3.68. The second-order valence-electron chi connectivity index (χ2n) is 7.60. The van der Waals surface area contributed by atoms with Gasteiger partial charge in [0.2, 0.25) is 5.91 Å². The van der Waals surface area contributed by atoms with Crippen LogP contribution in [0.25, 0.3) is 21.3 Å². The first-order chi connectivity index (χ1) is 15.6. The summed E-state index contributed by atoms with van der Waals surface area (Å²) >= 11 is 1.67. The number of aromatic hydroxyl groups is 1. The topological polar surface area (TPSA) is 87.1 Å². The monoisotopic (exact) mass is 446 g/mol. The molecular weight excluding hydrogens is 420 g/mol. The standard InChI is InChI=1S/C25H26N4O2S/c1-17-22(19-6-3-2-4-7-19)23-24(28-16-29-25(23)32-17)27-14-5-8-21(31)26-15-13-18-9-11-20(30)12-10-18/h2-4,6-7,9-12,16,30H,5,8,13-15H2,1H3,(H,26,31)(H,27,28,29). The Morgan fingerprint density at radius 1 is 1.03 bits per heavy atom. The number of carbonyl (C=O) groups is 1. The summed E-state index contributed by atoms with van der Waals surface area (Å²) in [6.07, 6.45) is 3.49. The molecule has 2 aromatic carbocycles. The van der Waals surface area contributed by atoms with E-state index >= 15 is 0 Å². The van der Waals surface area contributed by atoms with E-state index < -0.39 is 0 Å². The minimum atomic E-state index is 0.0368. The Hall–Kier alpha value is -3.45. The molecule has 0 saturated carbocycles. The van der Waals surface area contributed by atoms with Crippen molar-refractivity contribution in [2.45, 2.75) is 26.2 Å². The van der Waals surface area contributed by atoms with Crippen LogP contribution in [0.4, 0.5) is 5.82 Å². The van der Waals surface area contributed by atoms with Gasteiger partial charge in [-0.15, -0.1) is 11.3 Å². The number of phenolic OH excluding ortho intramolecular Hbond substituents is 1. The number of nitrogens with one attached hydrogen (secondary N) is 2. The van der Waals surface area contributed by atoms with E-state index in [1.807, 2.05) is 30.3 Å². The molecule has 0 atom stereocenters. The van der Waals surface area contributed by atoms with Crippen LogP contribution in [0.1, 0.15) is 23.3 Å². The van der Waals surface area contributed by atoms with Crippen LogP contribution >= 0.6 is 11.3 Å². The number of thiophene rings is 1. The summed E-state index contributed by atoms with van der Waals surface area (Å²) < 4.78 is 0. The molecule has 0 aliphatic heterocycles. The number of phenols is 1. The van der Waals surface area contributed by atoms with Crippen LogP contribution in [0.3, 0.4) is 0 Å². The first kappa shape index (κ1) is 21.8. The second kappa shape index (κ2) is 10.2. The molecule has 1 amide bonds. The quantitative estimate of drug-likeness (QED) is 0.318. The molecule has 0 fully saturated rings. The van der Waals surface area contributed by atoms with Crippen molar-refractivity contribution >= 4 is 33.3 Å². The molecule has 0 radical (unpaired) electrons. The zero-order chi connectivity index (χ0) is 22.3. The maximum atomic E-state index is 12.2. The van der Waals surface area contributed by atoms with Crippen molar-refractivity contribution in [3.05, 3.63) is 71.4 Å². The van der Waals surface area contributed by atoms with Crippen LogP contribution in [0.15, 0.2) is 60.9 Å². The van der Waals surface area contributed by atoms with E-state index in [-0.39, 0.29) is 11.7 Å². The van der Waals surface area contributed by atoms with Crippen molar-refractivity contribution in [3.8, 4) is 16.9 Å². The molecule has 0 spiro atoms. The Bertz CT molecular complexity index is 1190. The van der Waals surface area contributed by atoms with Gasteiger partial charge in [0.15, 0.2) is 0 Å². The highest BCUT2D eigenvalue weighted by molar-refractivity contribution is 7.19. The number of amides is 1. The Labute approximate surface area is 191 Å². The first-order valence-corrected chi connectivity index (χ1v) is 11.5. The fraction of sp³-hybridized carbons (Fsp3) is 0.240. The molecule has 32 heavy (non-hydrogen) atoms. The van der Waals surface area contributed by atoms with Gasteiger partial charge in [-0.3, -0.25) is 4.79 Å². The van der Waals surface area contributed by atoms with Gasteiger partial charge in [-0.2, -0.15) is 0 Å². The third-order valence-corrected chi connectivity index (χ3v) is 6.29. The number of aryl methyl sites for hydroxylation is 1. The first-order valence-electron chi connectivity index (χ1n) is 10.7. The Morgan fingerprint density at radius 3 is 2.59 bits per heavy atom. The zero-order valence-electron chi connectivity index (χ0n) is 18.0. The van der Waals surface area contributed by atoms with Gasteiger partial charge in [0.05, 0.1) is 5.39 Å². The summed E-state index contributed by atoms with van der Waals surface area (Å²) in [5.74, 6) is 1.10. The van der Waals surface area contributed by atoms with Gasteiger partial charge in [0, 0.05) is 30.0 Å². The number of aromatic nitrogens is 2. The van der Waals surface area contributed by atoms with Gasteiger partial charge in [0.25, 0.3) is 0 Å². The summed E-state index contributed by atoms with van der Waals surface area (Å²) in [5, 5.41) is 16.7. The summed E-state index contributed by atoms with van der Waals surface area (Å²) in [5.41, 5.74) is 3.40. The lowest BCUT2D eigenvalue weighted by Crippen LogP contribution is -2.25. The molecule has 0 unspecified atom stereocenters. The lowest BCUT2D eigenvalue weighted by molar-refractivity contribution is -0.121. The lowest BCUT2D eigenvalue weighted by atomic mass is 10.0. The molecule has 4 aromatic rings. The molecule has 0 aliphatic carbocycles. The molecule has 2 aromatic heterocycles. The second-order valence-corrected chi connectivity index (χ2v) is 8.80. The van der Waals surface area contributed by atoms with Crippen molar-refractivity contribution in [2.24, 2.45) is 0 Å². The molecule has 3 N–H and O–H groups in total. The average molecular weight is 447 g/mol. The highest BCUT2D eigenvalue weighted by atomic mass is 32.1. The van der Waals surface area contributed by atoms with Crippen LogP contribution < -0.4 is 10.6 Å². The smallest absolute Gasteiger partial charge is 0.220 e. The molecule has 0 saturated heterocycles. The normalized spacial score (nSPS) is 10.9. The maximum absolute atomic E-state index is 12.2. The molecule has 0 bridgehead atoms. The van der Waals surface area contributed by atoms with Gasteiger partial charge in [-0.1, -0.05) is 42.5 Å². The molecular formula is C25H26N4O2S. The summed E-state index contributed by atoms with van der Waals surface area (Å²) in [6.45, 7) is 3.35. The molecule has 6 nitrogen and oxygen atoms in total. The summed E-state index contributed by atoms with van der Waals surface area (Å²) in [6, 6.07) is 17.3. The van der Waals surface area contributed by atoms with Gasteiger partial charge in [-0.25, -0.2) is 9.97 Å². The van der Waals surface area contributed by atoms with Gasteiger partial charge in [0.1, 0.15) is 22.7 Å². The third-order valence-electron chi connectivity index (χ3n) is 5.27. The van der Waals surface area contributed by atoms with Gasteiger partial charge >= 0.3 is 0 Å². The van der Waals surface area contributed by atoms with Crippen molar-refractivity contribution in [1.82, 2.24) is 15.3 Å². The van der Waals surface area contributed by atoms with E-state index in [2.05, 4.69) is 39.7 Å². The highest BCUT2D eigenvalue weighted by Gasteiger charge is 2.16. The Balaban J connectivity index is 1.31. The Kier molecular flexibility index (Phi) is 6.97. The largest absolute Gasteiger partial charge is 0.508 e. The van der Waals surface area contributed by atoms with E-state index in [0.29, 0.717) is 25.9 Å². The van der Waals surface area contributed by atoms with Crippen LogP contribution in [0.2, 0.25) is 0 Å². The van der Waals surface area contributed by atoms with E-state index in [0.717, 1.165) is 33.6 Å². The third kappa shape index (κ3) is 5.23. The molecule has 4 rings (SSSR count). The number of hydrogen-bond acceptors (Lipinski definition) is 6. The predicted molar refractivity (Wildman–Crippen MR) is 130 cm³/mol. The number of hydrogen-bond donors (Lipinski definition) is 3. The van der Waals surface area contributed by atoms with E-state index in [9.17, 15) is 9.90 Å². The van der Waals surface area contributed by atoms with Crippen molar-refractivity contribution < 1.29 is 9.90 Å². The van der Waals surface area contributed by atoms with Crippen LogP contribution in [0.5, 0.6) is 5.75 Å². The van der Waals surface area contributed by atoms with Crippen molar-refractivity contribution in [2.75, 3.05) is 18.4 Å². The number of nitrogens with zero attached hydrogens (tertiary/aromatic N) is 2. The van der Waals surface area contributed by atoms with Crippen LogP contribution in [0, 0.1) is 6.92 Å². The molecule has 7 heteroatoms. The van der Waals surface area contributed by atoms with E-state index in [1.165, 1.54) is 10.4 Å². The number of anilines is 1. The number of benzene rings is 2. The fourth-order valence-corrected chi connectivity index (χ4v) is 4.70. The molecule has 2 heterocycles. The predicted octanol–water partition coefficient (Wildman–Crippen LogP) is 4.92. The lowest BCUT2D eigenvalue weighted by Gasteiger charge is -2.09. The minimum absolute atomic E-state index is 0.0368. The number of fused-ring (bicyclic) bond motifs is 1. The van der Waals surface area contributed by atoms with E-state index in [4.69, 9.17) is 0 Å².